The molecule has 4 fully saturated rings. The zero-order valence-electron chi connectivity index (χ0n) is 32.2. The van der Waals surface area contributed by atoms with Crippen LogP contribution in [0.4, 0.5) is 0 Å². The normalized spacial score (nSPS) is 37.3. The third kappa shape index (κ3) is 5.70. The molecule has 2 N–H and O–H groups in total. The summed E-state index contributed by atoms with van der Waals surface area (Å²) in [7, 11) is 3.21. The molecular formula is C45H59NO6S. The van der Waals surface area contributed by atoms with Crippen molar-refractivity contribution in [2.24, 2.45) is 39.4 Å². The number of benzene rings is 1. The van der Waals surface area contributed by atoms with Crippen LogP contribution in [-0.2, 0) is 22.4 Å². The van der Waals surface area contributed by atoms with Crippen LogP contribution in [0.2, 0.25) is 0 Å². The van der Waals surface area contributed by atoms with E-state index >= 15 is 0 Å². The Balaban J connectivity index is 1.14. The van der Waals surface area contributed by atoms with Crippen molar-refractivity contribution >= 4 is 23.0 Å². The van der Waals surface area contributed by atoms with Gasteiger partial charge in [0.1, 0.15) is 0 Å². The number of nitrogens with zero attached hydrogens (tertiary/aromatic N) is 1. The van der Waals surface area contributed by atoms with Gasteiger partial charge in [-0.25, -0.2) is 0 Å². The van der Waals surface area contributed by atoms with Crippen LogP contribution in [0.25, 0.3) is 0 Å². The highest BCUT2D eigenvalue weighted by atomic mass is 32.1. The second-order valence-electron chi connectivity index (χ2n) is 18.0. The van der Waals surface area contributed by atoms with Crippen molar-refractivity contribution < 1.29 is 29.3 Å². The van der Waals surface area contributed by atoms with Crippen molar-refractivity contribution in [2.75, 3.05) is 27.3 Å². The summed E-state index contributed by atoms with van der Waals surface area (Å²) in [5.41, 5.74) is -0.570. The van der Waals surface area contributed by atoms with E-state index in [0.717, 1.165) is 75.3 Å². The first-order valence-electron chi connectivity index (χ1n) is 20.3. The van der Waals surface area contributed by atoms with Gasteiger partial charge < -0.3 is 24.6 Å². The number of aliphatic hydroxyl groups excluding tert-OH is 1. The van der Waals surface area contributed by atoms with Crippen molar-refractivity contribution in [1.82, 2.24) is 4.90 Å². The molecule has 0 saturated heterocycles. The number of hydrogen-bond donors (Lipinski definition) is 2. The molecule has 2 bridgehead atoms. The van der Waals surface area contributed by atoms with Gasteiger partial charge in [0.2, 0.25) is 5.91 Å². The van der Waals surface area contributed by atoms with Crippen molar-refractivity contribution in [3.63, 3.8) is 0 Å². The summed E-state index contributed by atoms with van der Waals surface area (Å²) in [6, 6.07) is 9.79. The maximum atomic E-state index is 14.9. The van der Waals surface area contributed by atoms with Crippen molar-refractivity contribution in [1.29, 1.82) is 0 Å². The number of carbonyl (C=O) groups is 2. The summed E-state index contributed by atoms with van der Waals surface area (Å²) >= 11 is 1.70. The number of hydrogen-bond acceptors (Lipinski definition) is 7. The van der Waals surface area contributed by atoms with Gasteiger partial charge in [-0.1, -0.05) is 63.5 Å². The van der Waals surface area contributed by atoms with E-state index < -0.39 is 16.4 Å². The van der Waals surface area contributed by atoms with E-state index in [9.17, 15) is 19.8 Å². The number of ether oxygens (including phenoxy) is 2. The third-order valence-electron chi connectivity index (χ3n) is 15.8. The number of Topliss-reactive ketones (excluding diaryl/α,β-unsaturated/α-hetero) is 1. The molecule has 0 aliphatic heterocycles. The number of methoxy groups -OCH3 is 2. The average Bonchev–Trinajstić information content (AvgIpc) is 3.78. The van der Waals surface area contributed by atoms with Gasteiger partial charge in [-0.15, -0.1) is 11.3 Å². The summed E-state index contributed by atoms with van der Waals surface area (Å²) in [6.45, 7) is 5.53. The lowest BCUT2D eigenvalue weighted by Crippen LogP contribution is -2.67. The molecule has 2 aromatic rings. The Labute approximate surface area is 319 Å². The Morgan fingerprint density at radius 2 is 1.64 bits per heavy atom. The van der Waals surface area contributed by atoms with E-state index in [4.69, 9.17) is 9.47 Å². The summed E-state index contributed by atoms with van der Waals surface area (Å²) in [5.74, 6) is 1.96. The summed E-state index contributed by atoms with van der Waals surface area (Å²) < 4.78 is 11.0. The minimum atomic E-state index is -1.11. The Kier molecular flexibility index (Phi) is 9.54. The molecular weight excluding hydrogens is 683 g/mol. The van der Waals surface area contributed by atoms with Gasteiger partial charge in [-0.05, 0) is 111 Å². The number of allylic oxidation sites excluding steroid dienone is 4. The zero-order chi connectivity index (χ0) is 37.2. The van der Waals surface area contributed by atoms with Gasteiger partial charge in [-0.3, -0.25) is 9.59 Å². The molecule has 8 unspecified atom stereocenters. The molecule has 7 aliphatic rings. The molecule has 8 heteroatoms. The highest BCUT2D eigenvalue weighted by molar-refractivity contribution is 7.09. The molecule has 286 valence electrons. The van der Waals surface area contributed by atoms with Crippen LogP contribution in [0, 0.1) is 39.4 Å². The fraction of sp³-hybridized carbons (Fsp3) is 0.644. The molecule has 7 aliphatic carbocycles. The van der Waals surface area contributed by atoms with Gasteiger partial charge in [0.15, 0.2) is 17.3 Å². The van der Waals surface area contributed by atoms with E-state index in [-0.39, 0.29) is 53.6 Å². The number of thiophene rings is 1. The first kappa shape index (κ1) is 37.0. The van der Waals surface area contributed by atoms with Gasteiger partial charge in [0.05, 0.1) is 32.3 Å². The molecule has 1 heterocycles. The number of aliphatic hydroxyl groups is 2. The lowest BCUT2D eigenvalue weighted by Gasteiger charge is -2.71. The van der Waals surface area contributed by atoms with E-state index in [1.165, 1.54) is 11.3 Å². The zero-order valence-corrected chi connectivity index (χ0v) is 33.0. The van der Waals surface area contributed by atoms with E-state index in [1.807, 2.05) is 29.2 Å². The smallest absolute Gasteiger partial charge is 0.227 e. The van der Waals surface area contributed by atoms with Crippen LogP contribution in [0.5, 0.6) is 11.5 Å². The Hall–Kier alpha value is -2.94. The largest absolute Gasteiger partial charge is 0.493 e. The number of fused-ring (bicyclic) bond motifs is 1. The number of carbonyl (C=O) groups excluding carboxylic acids is 2. The second-order valence-corrected chi connectivity index (χ2v) is 19.1. The molecule has 7 nitrogen and oxygen atoms in total. The quantitative estimate of drug-likeness (QED) is 0.226. The van der Waals surface area contributed by atoms with Crippen LogP contribution in [0.15, 0.2) is 59.5 Å². The number of ketones is 1. The Bertz CT molecular complexity index is 1780. The predicted octanol–water partition coefficient (Wildman–Crippen LogP) is 8.12. The highest BCUT2D eigenvalue weighted by Crippen LogP contribution is 2.78. The van der Waals surface area contributed by atoms with E-state index in [1.54, 1.807) is 25.6 Å². The number of amides is 1. The van der Waals surface area contributed by atoms with Crippen LogP contribution in [0.1, 0.15) is 101 Å². The summed E-state index contributed by atoms with van der Waals surface area (Å²) in [5, 5.41) is 26.3. The molecule has 53 heavy (non-hydrogen) atoms. The van der Waals surface area contributed by atoms with Crippen LogP contribution < -0.4 is 9.47 Å². The van der Waals surface area contributed by atoms with Crippen molar-refractivity contribution in [3.05, 3.63) is 70.0 Å². The second kappa shape index (κ2) is 13.7. The van der Waals surface area contributed by atoms with Crippen LogP contribution in [0.3, 0.4) is 0 Å². The Morgan fingerprint density at radius 1 is 0.906 bits per heavy atom. The van der Waals surface area contributed by atoms with Crippen molar-refractivity contribution in [2.45, 2.75) is 115 Å². The first-order valence-corrected chi connectivity index (χ1v) is 21.2. The average molecular weight is 742 g/mol. The van der Waals surface area contributed by atoms with Crippen LogP contribution in [-0.4, -0.2) is 65.8 Å². The lowest BCUT2D eigenvalue weighted by molar-refractivity contribution is -0.181. The summed E-state index contributed by atoms with van der Waals surface area (Å²) in [4.78, 5) is 32.4. The van der Waals surface area contributed by atoms with Gasteiger partial charge in [-0.2, -0.15) is 0 Å². The standard InChI is InChI=1S/C45H59NO6S/c1-41-18-14-32(47)27-43(41)21-22-45(34(28-43)40(49)31-9-6-5-7-10-31)37(41)15-19-42(2)38(45)16-20-44(42,50)29-46(23-17-33-11-8-24-53-33)39(48)26-30-12-13-35(51-3)36(25-30)52-4/h8,11-13,21-22,24-25,28,31-32,37-38,47,50H,5-7,9-10,14-20,23,26-27,29H2,1-4H3. The third-order valence-corrected chi connectivity index (χ3v) is 16.7. The van der Waals surface area contributed by atoms with Gasteiger partial charge in [0.25, 0.3) is 0 Å². The molecule has 2 spiro atoms. The minimum absolute atomic E-state index is 0.0116. The van der Waals surface area contributed by atoms with Crippen molar-refractivity contribution in [3.8, 4) is 11.5 Å². The molecule has 4 saturated carbocycles. The monoisotopic (exact) mass is 741 g/mol. The van der Waals surface area contributed by atoms with E-state index in [2.05, 4.69) is 43.5 Å². The van der Waals surface area contributed by atoms with Gasteiger partial charge in [0, 0.05) is 45.7 Å². The minimum Gasteiger partial charge on any atom is -0.493 e. The number of rotatable bonds is 11. The first-order chi connectivity index (χ1) is 25.4. The van der Waals surface area contributed by atoms with Crippen LogP contribution >= 0.6 is 11.3 Å². The fourth-order valence-electron chi connectivity index (χ4n) is 12.8. The highest BCUT2D eigenvalue weighted by Gasteiger charge is 2.74. The predicted molar refractivity (Wildman–Crippen MR) is 208 cm³/mol. The van der Waals surface area contributed by atoms with Gasteiger partial charge >= 0.3 is 0 Å². The topological polar surface area (TPSA) is 96.3 Å². The fourth-order valence-corrected chi connectivity index (χ4v) is 13.5. The summed E-state index contributed by atoms with van der Waals surface area (Å²) in [6.07, 6.45) is 18.7. The molecule has 8 atom stereocenters. The Morgan fingerprint density at radius 3 is 2.38 bits per heavy atom. The molecule has 9 rings (SSSR count). The maximum Gasteiger partial charge on any atom is 0.227 e. The SMILES string of the molecule is COc1ccc(CC(=O)N(CCc2cccs2)CC2(O)CCC3C45C=CC6(C=C4C(=O)C4CCCCC4)CC(O)CCC6(C)C5CCC32C)cc1OC. The molecule has 1 amide bonds. The maximum absolute atomic E-state index is 14.9. The molecule has 1 aromatic carbocycles. The molecule has 1 aromatic heterocycles. The lowest BCUT2D eigenvalue weighted by atomic mass is 9.32. The van der Waals surface area contributed by atoms with E-state index in [0.29, 0.717) is 36.7 Å². The molecule has 0 radical (unpaired) electrons.